The maximum atomic E-state index is 10.4. The molecule has 3 saturated heterocycles. The Morgan fingerprint density at radius 3 is 0.931 bits per heavy atom. The lowest BCUT2D eigenvalue weighted by atomic mass is 10.0. The van der Waals surface area contributed by atoms with Gasteiger partial charge in [-0.2, -0.15) is 0 Å². The van der Waals surface area contributed by atoms with Crippen molar-refractivity contribution < 1.29 is 104 Å². The first-order chi connectivity index (χ1) is 49.7. The highest BCUT2D eigenvalue weighted by Crippen LogP contribution is 2.41. The van der Waals surface area contributed by atoms with E-state index < -0.39 is 109 Å². The van der Waals surface area contributed by atoms with Crippen LogP contribution in [0.2, 0.25) is 0 Å². The quantitative estimate of drug-likeness (QED) is 0.0251. The highest BCUT2D eigenvalue weighted by molar-refractivity contribution is 8.00. The minimum Gasteiger partial charge on any atom is -0.491 e. The number of benzene rings is 4. The lowest BCUT2D eigenvalue weighted by molar-refractivity contribution is -0.205. The normalized spacial score (nSPS) is 25.6. The second kappa shape index (κ2) is 35.8. The minimum atomic E-state index is -1.45. The Morgan fingerprint density at radius 1 is 0.314 bits per heavy atom. The summed E-state index contributed by atoms with van der Waals surface area (Å²) in [4.78, 5) is 18.5. The van der Waals surface area contributed by atoms with Gasteiger partial charge in [0.05, 0.1) is 82.2 Å². The summed E-state index contributed by atoms with van der Waals surface area (Å²) in [6, 6.07) is 41.7. The maximum Gasteiger partial charge on any atom is 0.132 e. The van der Waals surface area contributed by atoms with Gasteiger partial charge in [0.25, 0.3) is 0 Å². The van der Waals surface area contributed by atoms with E-state index in [1.165, 1.54) is 35.3 Å². The summed E-state index contributed by atoms with van der Waals surface area (Å²) in [5, 5.41) is 121. The zero-order valence-electron chi connectivity index (χ0n) is 55.4. The molecule has 12 rings (SSSR count). The molecule has 4 aromatic carbocycles. The molecule has 8 heterocycles. The van der Waals surface area contributed by atoms with Crippen LogP contribution in [0.5, 0.6) is 17.2 Å². The van der Waals surface area contributed by atoms with Gasteiger partial charge in [-0.05, 0) is 107 Å². The number of aromatic amines is 2. The zero-order valence-corrected chi connectivity index (χ0v) is 57.8. The predicted octanol–water partition coefficient (Wildman–Crippen LogP) is 5.11. The number of aromatic nitrogens is 4. The molecule has 5 aliphatic rings. The largest absolute Gasteiger partial charge is 0.491 e. The van der Waals surface area contributed by atoms with Crippen molar-refractivity contribution in [2.75, 3.05) is 96.5 Å². The Labute approximate surface area is 600 Å². The van der Waals surface area contributed by atoms with Crippen LogP contribution in [0.15, 0.2) is 127 Å². The Morgan fingerprint density at radius 2 is 0.608 bits per heavy atom. The molecule has 544 valence electrons. The molecule has 0 unspecified atom stereocenters. The van der Waals surface area contributed by atoms with E-state index in [2.05, 4.69) is 46.4 Å². The van der Waals surface area contributed by atoms with Crippen molar-refractivity contribution in [1.29, 1.82) is 0 Å². The van der Waals surface area contributed by atoms with Crippen LogP contribution < -0.4 is 14.2 Å². The first-order valence-electron chi connectivity index (χ1n) is 33.6. The number of aliphatic hydroxyl groups is 12. The predicted molar refractivity (Wildman–Crippen MR) is 388 cm³/mol. The molecule has 7 aromatic rings. The van der Waals surface area contributed by atoms with Crippen molar-refractivity contribution in [1.82, 2.24) is 19.9 Å². The van der Waals surface area contributed by atoms with Crippen LogP contribution in [0.25, 0.3) is 90.9 Å². The number of rotatable bonds is 31. The molecule has 0 aliphatic carbocycles. The van der Waals surface area contributed by atoms with Gasteiger partial charge >= 0.3 is 0 Å². The van der Waals surface area contributed by atoms with Crippen LogP contribution >= 0.6 is 35.3 Å². The molecule has 3 fully saturated rings. The summed E-state index contributed by atoms with van der Waals surface area (Å²) in [6.07, 6.45) is -7.59. The lowest BCUT2D eigenvalue weighted by Gasteiger charge is -2.39. The fourth-order valence-electron chi connectivity index (χ4n) is 12.4. The zero-order chi connectivity index (χ0) is 71.2. The van der Waals surface area contributed by atoms with Crippen LogP contribution in [0.1, 0.15) is 22.8 Å². The Hall–Kier alpha value is -6.79. The van der Waals surface area contributed by atoms with Gasteiger partial charge in [0.1, 0.15) is 127 Å². The van der Waals surface area contributed by atoms with E-state index in [1.54, 1.807) is 0 Å². The highest BCUT2D eigenvalue weighted by atomic mass is 32.2. The topological polar surface area (TPSA) is 383 Å². The van der Waals surface area contributed by atoms with Crippen LogP contribution in [0, 0.1) is 0 Å². The molecule has 8 bridgehead atoms. The van der Waals surface area contributed by atoms with Gasteiger partial charge in [-0.3, -0.25) is 0 Å². The van der Waals surface area contributed by atoms with Gasteiger partial charge in [-0.25, -0.2) is 9.97 Å². The van der Waals surface area contributed by atoms with E-state index in [4.69, 9.17) is 52.6 Å². The standard InChI is InChI=1S/C74H84N4O21S3/c79-38-56-63(82)66(85)69(88)72(97-56)100-35-32-91-26-29-94-45-12-6-42(7-13-45)60-50-20-18-48(75-50)59(41-4-2-1-3-5-41)49-19-21-51(76-49)61(43-8-14-46(15-9-43)95-30-27-92-33-36-101-73-70(89)67(86)64(83)57(39-80)98-73)53-23-25-55(78-53)62(54-24-22-52(60)77-54)44-10-16-47(17-11-44)96-31-28-93-34-37-102-74-71(90)68(87)65(84)58(40-81)99-74/h1-25,56-58,63-76,79-90H,26-40H2/t56-,57-,58-,63+,64+,65+,66+,67+,68+,69-,70-,71-,72+,73+,74+/m1/s1. The smallest absolute Gasteiger partial charge is 0.132 e. The molecular weight excluding hydrogens is 1380 g/mol. The number of thioether (sulfide) groups is 3. The van der Waals surface area contributed by atoms with Crippen LogP contribution in [0.4, 0.5) is 0 Å². The molecule has 0 spiro atoms. The van der Waals surface area contributed by atoms with Crippen molar-refractivity contribution in [3.05, 3.63) is 150 Å². The molecule has 3 aromatic heterocycles. The Kier molecular flexibility index (Phi) is 26.3. The molecule has 28 heteroatoms. The fourth-order valence-corrected chi connectivity index (χ4v) is 15.5. The van der Waals surface area contributed by atoms with Crippen LogP contribution in [-0.2, 0) is 28.4 Å². The van der Waals surface area contributed by atoms with Gasteiger partial charge in [0.15, 0.2) is 0 Å². The molecule has 25 nitrogen and oxygen atoms in total. The van der Waals surface area contributed by atoms with Gasteiger partial charge in [0, 0.05) is 61.6 Å². The van der Waals surface area contributed by atoms with Gasteiger partial charge in [-0.15, -0.1) is 35.3 Å². The average molecular weight is 1460 g/mol. The molecule has 5 aliphatic heterocycles. The van der Waals surface area contributed by atoms with E-state index in [-0.39, 0.29) is 46.2 Å². The number of H-pyrrole nitrogens is 2. The highest BCUT2D eigenvalue weighted by Gasteiger charge is 2.46. The fraction of sp³-hybridized carbons (Fsp3) is 0.405. The van der Waals surface area contributed by atoms with E-state index in [1.807, 2.05) is 115 Å². The van der Waals surface area contributed by atoms with Crippen molar-refractivity contribution in [3.63, 3.8) is 0 Å². The molecule has 14 N–H and O–H groups in total. The Bertz CT molecular complexity index is 3900. The number of hydrogen-bond donors (Lipinski definition) is 14. The van der Waals surface area contributed by atoms with Crippen molar-refractivity contribution in [2.45, 2.75) is 89.6 Å². The molecule has 0 amide bonds. The third-order valence-corrected chi connectivity index (χ3v) is 21.2. The second-order valence-corrected chi connectivity index (χ2v) is 28.1. The van der Waals surface area contributed by atoms with E-state index in [9.17, 15) is 61.3 Å². The van der Waals surface area contributed by atoms with E-state index >= 15 is 0 Å². The van der Waals surface area contributed by atoms with Crippen molar-refractivity contribution in [3.8, 4) is 61.8 Å². The summed E-state index contributed by atoms with van der Waals surface area (Å²) < 4.78 is 52.8. The molecular formula is C74H84N4O21S3. The summed E-state index contributed by atoms with van der Waals surface area (Å²) >= 11 is 3.64. The van der Waals surface area contributed by atoms with Crippen molar-refractivity contribution >= 4 is 81.7 Å². The number of aliphatic hydroxyl groups excluding tert-OH is 12. The number of nitrogens with one attached hydrogen (secondary N) is 2. The number of ether oxygens (including phenoxy) is 9. The van der Waals surface area contributed by atoms with E-state index in [0.29, 0.717) is 70.5 Å². The van der Waals surface area contributed by atoms with Gasteiger partial charge < -0.3 is 114 Å². The molecule has 15 atom stereocenters. The third-order valence-electron chi connectivity index (χ3n) is 17.8. The lowest BCUT2D eigenvalue weighted by Crippen LogP contribution is -2.57. The summed E-state index contributed by atoms with van der Waals surface area (Å²) in [6.45, 7) is 0.850. The monoisotopic (exact) mass is 1460 g/mol. The summed E-state index contributed by atoms with van der Waals surface area (Å²) in [5.41, 5.74) is 10.2. The first-order valence-corrected chi connectivity index (χ1v) is 36.8. The average Bonchev–Trinajstić information content (AvgIpc) is 1.61. The minimum absolute atomic E-state index is 0.228. The summed E-state index contributed by atoms with van der Waals surface area (Å²) in [5.74, 6) is 3.05. The van der Waals surface area contributed by atoms with Crippen LogP contribution in [0.3, 0.4) is 0 Å². The first kappa shape index (κ1) is 74.9. The summed E-state index contributed by atoms with van der Waals surface area (Å²) in [7, 11) is 0. The SMILES string of the molecule is OC[C@H]1O[C@@H](SCCOCCOc2ccc(-c3c4nc(c(-c5ccc(OCCOCCS[C@@H]6O[C@H](CO)[C@H](O)[C@H](O)[C@H]6O)cc5)c5ccc([nH]5)c(-c5ccccc5)c5ccc([nH]5)c(-c5ccc(OCCOCCS[C@@H]6O[C@H](CO)[C@H](O)[C@H](O)[C@H]6O)cc5)c5nc3C=C5)C=C4)cc2)[C@H](O)[C@@H](O)[C@H]1O. The third kappa shape index (κ3) is 17.8. The van der Waals surface area contributed by atoms with Crippen LogP contribution in [-0.4, -0.2) is 267 Å². The second-order valence-electron chi connectivity index (χ2n) is 24.5. The van der Waals surface area contributed by atoms with Gasteiger partial charge in [-0.1, -0.05) is 66.7 Å². The molecule has 0 radical (unpaired) electrons. The number of nitrogens with zero attached hydrogens (tertiary/aromatic N) is 2. The Balaban J connectivity index is 0.817. The maximum absolute atomic E-state index is 10.4. The molecule has 0 saturated carbocycles. The molecule has 102 heavy (non-hydrogen) atoms. The number of fused-ring (bicyclic) bond motifs is 8. The number of hydrogen-bond acceptors (Lipinski definition) is 26. The van der Waals surface area contributed by atoms with Gasteiger partial charge in [0.2, 0.25) is 0 Å². The van der Waals surface area contributed by atoms with Crippen molar-refractivity contribution in [2.24, 2.45) is 0 Å². The van der Waals surface area contributed by atoms with E-state index in [0.717, 1.165) is 66.6 Å².